The van der Waals surface area contributed by atoms with Gasteiger partial charge in [-0.15, -0.1) is 5.48 Å². The Kier molecular flexibility index (Phi) is 8.48. The lowest BCUT2D eigenvalue weighted by molar-refractivity contribution is -0.148. The molecule has 0 spiro atoms. The molecule has 1 saturated carbocycles. The van der Waals surface area contributed by atoms with Crippen LogP contribution in [-0.4, -0.2) is 49.9 Å². The van der Waals surface area contributed by atoms with Crippen molar-refractivity contribution in [3.63, 3.8) is 0 Å². The van der Waals surface area contributed by atoms with E-state index in [9.17, 15) is 9.59 Å². The third-order valence-corrected chi connectivity index (χ3v) is 5.53. The highest BCUT2D eigenvalue weighted by Crippen LogP contribution is 2.38. The van der Waals surface area contributed by atoms with Crippen molar-refractivity contribution in [2.45, 2.75) is 51.2 Å². The van der Waals surface area contributed by atoms with Crippen molar-refractivity contribution < 1.29 is 33.4 Å². The van der Waals surface area contributed by atoms with Crippen molar-refractivity contribution in [3.8, 4) is 17.4 Å². The van der Waals surface area contributed by atoms with Gasteiger partial charge in [0.05, 0.1) is 32.4 Å². The number of nitrogens with one attached hydrogen (secondary N) is 1. The number of hydrogen-bond donors (Lipinski definition) is 1. The monoisotopic (exact) mass is 458 g/mol. The van der Waals surface area contributed by atoms with Crippen molar-refractivity contribution in [2.75, 3.05) is 20.8 Å². The van der Waals surface area contributed by atoms with E-state index in [4.69, 9.17) is 23.8 Å². The number of benzene rings is 1. The van der Waals surface area contributed by atoms with Gasteiger partial charge in [0.2, 0.25) is 5.88 Å². The Labute approximate surface area is 193 Å². The minimum Gasteiger partial charge on any atom is -0.493 e. The highest BCUT2D eigenvalue weighted by molar-refractivity contribution is 5.88. The van der Waals surface area contributed by atoms with Gasteiger partial charge < -0.3 is 23.8 Å². The quantitative estimate of drug-likeness (QED) is 0.447. The number of ether oxygens (including phenoxy) is 4. The number of aromatic nitrogens is 1. The average molecular weight is 459 g/mol. The van der Waals surface area contributed by atoms with Crippen molar-refractivity contribution in [2.24, 2.45) is 0 Å². The number of methoxy groups -OCH3 is 2. The van der Waals surface area contributed by atoms with E-state index in [1.54, 1.807) is 19.2 Å². The molecule has 1 aliphatic carbocycles. The highest BCUT2D eigenvalue weighted by atomic mass is 16.7. The van der Waals surface area contributed by atoms with Crippen LogP contribution in [0.25, 0.3) is 0 Å². The van der Waals surface area contributed by atoms with Crippen LogP contribution in [0, 0.1) is 0 Å². The maximum Gasteiger partial charge on any atom is 0.358 e. The van der Waals surface area contributed by atoms with Crippen LogP contribution in [-0.2, 0) is 14.4 Å². The van der Waals surface area contributed by atoms with Gasteiger partial charge in [-0.3, -0.25) is 4.79 Å². The molecule has 1 aromatic heterocycles. The third-order valence-electron chi connectivity index (χ3n) is 5.53. The molecule has 1 heterocycles. The van der Waals surface area contributed by atoms with Crippen LogP contribution < -0.4 is 19.7 Å². The van der Waals surface area contributed by atoms with E-state index in [0.29, 0.717) is 48.8 Å². The minimum atomic E-state index is -0.546. The summed E-state index contributed by atoms with van der Waals surface area (Å²) in [6.07, 6.45) is 3.06. The number of carbonyl (C=O) groups excluding carboxylic acids is 2. The average Bonchev–Trinajstić information content (AvgIpc) is 2.83. The van der Waals surface area contributed by atoms with Crippen molar-refractivity contribution in [1.82, 2.24) is 10.5 Å². The SMILES string of the molecule is CCOc1cc([C@H]2C[C@H](OC(C)=O)CC[C@H]2NOC(=O)c2ccc(OC)nc2)ccc1OC. The molecule has 9 nitrogen and oxygen atoms in total. The number of rotatable bonds is 9. The van der Waals surface area contributed by atoms with E-state index in [1.165, 1.54) is 20.2 Å². The van der Waals surface area contributed by atoms with Gasteiger partial charge in [0.15, 0.2) is 11.5 Å². The first kappa shape index (κ1) is 24.3. The van der Waals surface area contributed by atoms with E-state index in [1.807, 2.05) is 25.1 Å². The van der Waals surface area contributed by atoms with Crippen LogP contribution in [0.1, 0.15) is 54.9 Å². The van der Waals surface area contributed by atoms with Gasteiger partial charge in [-0.1, -0.05) is 6.07 Å². The molecule has 0 aliphatic heterocycles. The summed E-state index contributed by atoms with van der Waals surface area (Å²) < 4.78 is 21.6. The molecule has 1 aliphatic rings. The lowest BCUT2D eigenvalue weighted by atomic mass is 9.79. The molecular formula is C24H30N2O7. The summed E-state index contributed by atoms with van der Waals surface area (Å²) in [6, 6.07) is 8.72. The summed E-state index contributed by atoms with van der Waals surface area (Å²) in [5, 5.41) is 0. The van der Waals surface area contributed by atoms with E-state index >= 15 is 0 Å². The maximum atomic E-state index is 12.5. The number of carbonyl (C=O) groups is 2. The fraction of sp³-hybridized carbons (Fsp3) is 0.458. The molecule has 1 aromatic carbocycles. The van der Waals surface area contributed by atoms with Crippen LogP contribution in [0.2, 0.25) is 0 Å². The Morgan fingerprint density at radius 1 is 1.09 bits per heavy atom. The van der Waals surface area contributed by atoms with Gasteiger partial charge in [0, 0.05) is 25.1 Å². The Hall–Kier alpha value is -3.33. The fourth-order valence-corrected chi connectivity index (χ4v) is 3.99. The Bertz CT molecular complexity index is 948. The Morgan fingerprint density at radius 2 is 1.91 bits per heavy atom. The fourth-order valence-electron chi connectivity index (χ4n) is 3.99. The van der Waals surface area contributed by atoms with E-state index in [-0.39, 0.29) is 24.0 Å². The summed E-state index contributed by atoms with van der Waals surface area (Å²) in [6.45, 7) is 3.81. The molecule has 178 valence electrons. The Balaban J connectivity index is 1.77. The number of pyridine rings is 1. The zero-order valence-corrected chi connectivity index (χ0v) is 19.3. The number of hydrogen-bond acceptors (Lipinski definition) is 9. The van der Waals surface area contributed by atoms with Crippen molar-refractivity contribution in [3.05, 3.63) is 47.7 Å². The maximum absolute atomic E-state index is 12.5. The van der Waals surface area contributed by atoms with Gasteiger partial charge in [0.1, 0.15) is 6.10 Å². The molecule has 1 fully saturated rings. The zero-order chi connectivity index (χ0) is 23.8. The van der Waals surface area contributed by atoms with Gasteiger partial charge >= 0.3 is 11.9 Å². The molecule has 9 heteroatoms. The summed E-state index contributed by atoms with van der Waals surface area (Å²) in [5.74, 6) is 0.732. The van der Waals surface area contributed by atoms with Gasteiger partial charge in [-0.2, -0.15) is 0 Å². The highest BCUT2D eigenvalue weighted by Gasteiger charge is 2.34. The topological polar surface area (TPSA) is 105 Å². The molecule has 1 N–H and O–H groups in total. The summed E-state index contributed by atoms with van der Waals surface area (Å²) in [4.78, 5) is 33.4. The summed E-state index contributed by atoms with van der Waals surface area (Å²) >= 11 is 0. The number of nitrogens with zero attached hydrogens (tertiary/aromatic N) is 1. The summed E-state index contributed by atoms with van der Waals surface area (Å²) in [5.41, 5.74) is 4.20. The molecule has 3 atom stereocenters. The smallest absolute Gasteiger partial charge is 0.358 e. The van der Waals surface area contributed by atoms with Crippen molar-refractivity contribution >= 4 is 11.9 Å². The predicted molar refractivity (Wildman–Crippen MR) is 119 cm³/mol. The first-order valence-corrected chi connectivity index (χ1v) is 10.9. The second-order valence-electron chi connectivity index (χ2n) is 7.70. The molecule has 33 heavy (non-hydrogen) atoms. The molecule has 2 aromatic rings. The molecule has 0 unspecified atom stereocenters. The Morgan fingerprint density at radius 3 is 2.55 bits per heavy atom. The second-order valence-corrected chi connectivity index (χ2v) is 7.70. The molecule has 3 rings (SSSR count). The lowest BCUT2D eigenvalue weighted by Gasteiger charge is -2.36. The lowest BCUT2D eigenvalue weighted by Crippen LogP contribution is -2.42. The second kappa shape index (κ2) is 11.5. The third kappa shape index (κ3) is 6.35. The van der Waals surface area contributed by atoms with Gasteiger partial charge in [-0.25, -0.2) is 9.78 Å². The number of hydroxylamine groups is 1. The molecule has 0 bridgehead atoms. The van der Waals surface area contributed by atoms with Crippen LogP contribution in [0.3, 0.4) is 0 Å². The first-order valence-electron chi connectivity index (χ1n) is 10.9. The van der Waals surface area contributed by atoms with Gasteiger partial charge in [0.25, 0.3) is 0 Å². The molecule has 0 saturated heterocycles. The first-order chi connectivity index (χ1) is 15.9. The van der Waals surface area contributed by atoms with Crippen LogP contribution in [0.15, 0.2) is 36.5 Å². The van der Waals surface area contributed by atoms with Crippen LogP contribution in [0.4, 0.5) is 0 Å². The van der Waals surface area contributed by atoms with Crippen LogP contribution in [0.5, 0.6) is 17.4 Å². The molecule has 0 radical (unpaired) electrons. The normalized spacial score (nSPS) is 19.9. The molecular weight excluding hydrogens is 428 g/mol. The largest absolute Gasteiger partial charge is 0.493 e. The minimum absolute atomic E-state index is 0.0880. The van der Waals surface area contributed by atoms with Crippen molar-refractivity contribution in [1.29, 1.82) is 0 Å². The van der Waals surface area contributed by atoms with E-state index < -0.39 is 5.97 Å². The predicted octanol–water partition coefficient (Wildman–Crippen LogP) is 3.43. The summed E-state index contributed by atoms with van der Waals surface area (Å²) in [7, 11) is 3.09. The number of esters is 1. The van der Waals surface area contributed by atoms with E-state index in [2.05, 4.69) is 10.5 Å². The molecule has 0 amide bonds. The standard InChI is InChI=1S/C24H30N2O7/c1-5-31-22-12-16(6-10-21(22)29-3)19-13-18(32-15(2)27)8-9-20(19)26-33-24(28)17-7-11-23(30-4)25-14-17/h6-7,10-12,14,18-20,26H,5,8-9,13H2,1-4H3/t18-,19-,20-/m1/s1. The van der Waals surface area contributed by atoms with Gasteiger partial charge in [-0.05, 0) is 49.9 Å². The zero-order valence-electron chi connectivity index (χ0n) is 19.3. The van der Waals surface area contributed by atoms with Crippen LogP contribution >= 0.6 is 0 Å². The van der Waals surface area contributed by atoms with E-state index in [0.717, 1.165) is 5.56 Å².